The standard InChI is InChI=1S/C24H33N5O3/c1-2-3-4-5-10-28-11-13-29(14-12-28)22(30)7-6-15-32-19-8-9-20-18(16-19)17-21-23(25-20)27-24(31)26-21/h8-9,16-17H,2-7,10-15H2,1H3,(H2,25,26,27,31). The maximum atomic E-state index is 12.5. The molecule has 0 unspecified atom stereocenters. The van der Waals surface area contributed by atoms with E-state index in [1.165, 1.54) is 25.7 Å². The number of pyridine rings is 1. The van der Waals surface area contributed by atoms with Crippen LogP contribution in [0.1, 0.15) is 45.4 Å². The molecule has 3 heterocycles. The number of unbranched alkanes of at least 4 members (excludes halogenated alkanes) is 3. The van der Waals surface area contributed by atoms with Gasteiger partial charge in [0.15, 0.2) is 5.65 Å². The molecule has 1 saturated heterocycles. The fourth-order valence-electron chi connectivity index (χ4n) is 4.25. The predicted octanol–water partition coefficient (Wildman–Crippen LogP) is 3.29. The Bertz CT molecular complexity index is 1100. The third-order valence-corrected chi connectivity index (χ3v) is 6.12. The minimum atomic E-state index is -0.266. The van der Waals surface area contributed by atoms with E-state index in [1.54, 1.807) is 0 Å². The number of nitrogens with zero attached hydrogens (tertiary/aromatic N) is 3. The van der Waals surface area contributed by atoms with Crippen molar-refractivity contribution in [2.45, 2.75) is 45.4 Å². The summed E-state index contributed by atoms with van der Waals surface area (Å²) in [6, 6.07) is 7.54. The molecule has 0 spiro atoms. The van der Waals surface area contributed by atoms with Gasteiger partial charge in [-0.3, -0.25) is 14.7 Å². The number of nitrogens with one attached hydrogen (secondary N) is 2. The number of rotatable bonds is 10. The Morgan fingerprint density at radius 1 is 1.06 bits per heavy atom. The van der Waals surface area contributed by atoms with Gasteiger partial charge < -0.3 is 14.6 Å². The first-order valence-corrected chi connectivity index (χ1v) is 11.8. The Hall–Kier alpha value is -2.87. The average Bonchev–Trinajstić information content (AvgIpc) is 3.17. The number of hydrogen-bond acceptors (Lipinski definition) is 5. The van der Waals surface area contributed by atoms with Gasteiger partial charge in [0.05, 0.1) is 17.6 Å². The molecule has 0 aliphatic carbocycles. The Kier molecular flexibility index (Phi) is 7.42. The second-order valence-corrected chi connectivity index (χ2v) is 8.55. The van der Waals surface area contributed by atoms with E-state index in [-0.39, 0.29) is 11.6 Å². The number of H-pyrrole nitrogens is 2. The van der Waals surface area contributed by atoms with Crippen molar-refractivity contribution in [3.63, 3.8) is 0 Å². The molecule has 2 N–H and O–H groups in total. The first-order chi connectivity index (χ1) is 15.6. The van der Waals surface area contributed by atoms with E-state index in [1.807, 2.05) is 29.2 Å². The quantitative estimate of drug-likeness (QED) is 0.473. The molecule has 0 bridgehead atoms. The number of ether oxygens (including phenoxy) is 1. The monoisotopic (exact) mass is 439 g/mol. The molecule has 1 aliphatic heterocycles. The van der Waals surface area contributed by atoms with E-state index in [0.29, 0.717) is 30.6 Å². The molecule has 4 rings (SSSR count). The summed E-state index contributed by atoms with van der Waals surface area (Å²) in [5.74, 6) is 0.960. The van der Waals surface area contributed by atoms with Crippen molar-refractivity contribution in [1.82, 2.24) is 24.8 Å². The molecule has 8 heteroatoms. The van der Waals surface area contributed by atoms with Gasteiger partial charge in [-0.05, 0) is 43.7 Å². The smallest absolute Gasteiger partial charge is 0.325 e. The molecule has 3 aromatic rings. The number of amides is 1. The van der Waals surface area contributed by atoms with Crippen molar-refractivity contribution in [3.05, 3.63) is 34.7 Å². The zero-order valence-electron chi connectivity index (χ0n) is 18.9. The molecular weight excluding hydrogens is 406 g/mol. The molecule has 1 aromatic carbocycles. The van der Waals surface area contributed by atoms with Gasteiger partial charge in [-0.2, -0.15) is 0 Å². The lowest BCUT2D eigenvalue weighted by atomic mass is 10.2. The van der Waals surface area contributed by atoms with Crippen LogP contribution < -0.4 is 10.4 Å². The highest BCUT2D eigenvalue weighted by molar-refractivity contribution is 5.90. The van der Waals surface area contributed by atoms with Gasteiger partial charge >= 0.3 is 5.69 Å². The molecule has 0 atom stereocenters. The van der Waals surface area contributed by atoms with Gasteiger partial charge in [-0.25, -0.2) is 9.78 Å². The fourth-order valence-corrected chi connectivity index (χ4v) is 4.25. The van der Waals surface area contributed by atoms with Crippen LogP contribution in [0.2, 0.25) is 0 Å². The summed E-state index contributed by atoms with van der Waals surface area (Å²) in [6.45, 7) is 7.52. The van der Waals surface area contributed by atoms with Crippen LogP contribution in [0.15, 0.2) is 29.1 Å². The van der Waals surface area contributed by atoms with Crippen LogP contribution in [0, 0.1) is 0 Å². The van der Waals surface area contributed by atoms with E-state index in [2.05, 4.69) is 26.8 Å². The van der Waals surface area contributed by atoms with E-state index in [0.717, 1.165) is 49.4 Å². The van der Waals surface area contributed by atoms with Crippen molar-refractivity contribution in [2.24, 2.45) is 0 Å². The molecule has 8 nitrogen and oxygen atoms in total. The molecule has 0 radical (unpaired) electrons. The Morgan fingerprint density at radius 3 is 2.72 bits per heavy atom. The maximum absolute atomic E-state index is 12.5. The lowest BCUT2D eigenvalue weighted by Crippen LogP contribution is -2.48. The number of aromatic nitrogens is 3. The normalized spacial score (nSPS) is 15.0. The second kappa shape index (κ2) is 10.6. The fraction of sp³-hybridized carbons (Fsp3) is 0.542. The molecule has 0 saturated carbocycles. The largest absolute Gasteiger partial charge is 0.494 e. The number of hydrogen-bond donors (Lipinski definition) is 2. The summed E-state index contributed by atoms with van der Waals surface area (Å²) >= 11 is 0. The van der Waals surface area contributed by atoms with Crippen LogP contribution in [-0.2, 0) is 4.79 Å². The number of piperazine rings is 1. The topological polar surface area (TPSA) is 94.3 Å². The number of carbonyl (C=O) groups is 1. The lowest BCUT2D eigenvalue weighted by Gasteiger charge is -2.34. The van der Waals surface area contributed by atoms with Crippen LogP contribution in [0.5, 0.6) is 5.75 Å². The first kappa shape index (κ1) is 22.3. The third-order valence-electron chi connectivity index (χ3n) is 6.12. The minimum Gasteiger partial charge on any atom is -0.494 e. The summed E-state index contributed by atoms with van der Waals surface area (Å²) in [6.07, 6.45) is 6.35. The zero-order valence-corrected chi connectivity index (χ0v) is 18.9. The molecule has 1 aliphatic rings. The molecule has 2 aromatic heterocycles. The Balaban J connectivity index is 1.19. The number of imidazole rings is 1. The summed E-state index contributed by atoms with van der Waals surface area (Å²) in [4.78, 5) is 38.3. The van der Waals surface area contributed by atoms with E-state index >= 15 is 0 Å². The number of benzene rings is 1. The van der Waals surface area contributed by atoms with Crippen molar-refractivity contribution in [2.75, 3.05) is 39.3 Å². The average molecular weight is 440 g/mol. The van der Waals surface area contributed by atoms with Crippen LogP contribution in [0.3, 0.4) is 0 Å². The van der Waals surface area contributed by atoms with Crippen molar-refractivity contribution in [1.29, 1.82) is 0 Å². The number of carbonyl (C=O) groups excluding carboxylic acids is 1. The number of aromatic amines is 2. The third kappa shape index (κ3) is 5.68. The van der Waals surface area contributed by atoms with Crippen LogP contribution in [0.4, 0.5) is 0 Å². The van der Waals surface area contributed by atoms with E-state index in [9.17, 15) is 9.59 Å². The van der Waals surface area contributed by atoms with Crippen LogP contribution >= 0.6 is 0 Å². The number of fused-ring (bicyclic) bond motifs is 2. The van der Waals surface area contributed by atoms with E-state index < -0.39 is 0 Å². The summed E-state index contributed by atoms with van der Waals surface area (Å²) in [5.41, 5.74) is 1.75. The van der Waals surface area contributed by atoms with Crippen molar-refractivity contribution in [3.8, 4) is 5.75 Å². The second-order valence-electron chi connectivity index (χ2n) is 8.55. The van der Waals surface area contributed by atoms with Gasteiger partial charge in [0, 0.05) is 38.0 Å². The highest BCUT2D eigenvalue weighted by atomic mass is 16.5. The molecular formula is C24H33N5O3. The zero-order chi connectivity index (χ0) is 22.3. The predicted molar refractivity (Wildman–Crippen MR) is 126 cm³/mol. The first-order valence-electron chi connectivity index (χ1n) is 11.8. The van der Waals surface area contributed by atoms with Gasteiger partial charge in [0.1, 0.15) is 5.75 Å². The minimum absolute atomic E-state index is 0.223. The van der Waals surface area contributed by atoms with Gasteiger partial charge in [0.25, 0.3) is 0 Å². The van der Waals surface area contributed by atoms with Gasteiger partial charge in [0.2, 0.25) is 5.91 Å². The van der Waals surface area contributed by atoms with Crippen LogP contribution in [-0.4, -0.2) is 70.0 Å². The molecule has 172 valence electrons. The van der Waals surface area contributed by atoms with E-state index in [4.69, 9.17) is 4.74 Å². The molecule has 1 amide bonds. The Labute approximate surface area is 188 Å². The van der Waals surface area contributed by atoms with Crippen LogP contribution in [0.25, 0.3) is 22.1 Å². The highest BCUT2D eigenvalue weighted by Crippen LogP contribution is 2.22. The van der Waals surface area contributed by atoms with Crippen molar-refractivity contribution < 1.29 is 9.53 Å². The highest BCUT2D eigenvalue weighted by Gasteiger charge is 2.20. The molecule has 32 heavy (non-hydrogen) atoms. The summed E-state index contributed by atoms with van der Waals surface area (Å²) in [5, 5.41) is 0.897. The van der Waals surface area contributed by atoms with Gasteiger partial charge in [-0.1, -0.05) is 26.2 Å². The van der Waals surface area contributed by atoms with Gasteiger partial charge in [-0.15, -0.1) is 0 Å². The summed E-state index contributed by atoms with van der Waals surface area (Å²) < 4.78 is 5.86. The SMILES string of the molecule is CCCCCCN1CCN(C(=O)CCCOc2ccc3nc4[nH]c(=O)[nH]c4cc3c2)CC1. The summed E-state index contributed by atoms with van der Waals surface area (Å²) in [7, 11) is 0. The molecule has 1 fully saturated rings. The lowest BCUT2D eigenvalue weighted by molar-refractivity contribution is -0.133. The maximum Gasteiger partial charge on any atom is 0.325 e. The Morgan fingerprint density at radius 2 is 1.91 bits per heavy atom. The van der Waals surface area contributed by atoms with Crippen molar-refractivity contribution >= 4 is 28.0 Å².